The summed E-state index contributed by atoms with van der Waals surface area (Å²) >= 11 is 0. The molecule has 0 saturated heterocycles. The molecule has 0 radical (unpaired) electrons. The summed E-state index contributed by atoms with van der Waals surface area (Å²) < 4.78 is 5.17. The number of Topliss-reactive ketones (excluding diaryl/α,β-unsaturated/α-hetero) is 1. The highest BCUT2D eigenvalue weighted by atomic mass is 16.5. The van der Waals surface area contributed by atoms with E-state index in [0.717, 1.165) is 31.2 Å². The number of ketones is 1. The molecule has 1 aromatic rings. The lowest BCUT2D eigenvalue weighted by molar-refractivity contribution is 0.0926. The van der Waals surface area contributed by atoms with Gasteiger partial charge in [-0.2, -0.15) is 0 Å². The number of aliphatic hydroxyl groups is 1. The maximum absolute atomic E-state index is 11.9. The lowest BCUT2D eigenvalue weighted by atomic mass is 9.70. The monoisotopic (exact) mass is 292 g/mol. The van der Waals surface area contributed by atoms with E-state index in [1.54, 1.807) is 6.07 Å². The maximum Gasteiger partial charge on any atom is 0.160 e. The third-order valence-corrected chi connectivity index (χ3v) is 4.74. The number of aromatic hydroxyl groups is 1. The van der Waals surface area contributed by atoms with Gasteiger partial charge in [-0.05, 0) is 61.6 Å². The summed E-state index contributed by atoms with van der Waals surface area (Å²) in [5.74, 6) is 0.643. The summed E-state index contributed by atoms with van der Waals surface area (Å²) in [5, 5.41) is 19.3. The quantitative estimate of drug-likeness (QED) is 0.836. The van der Waals surface area contributed by atoms with Crippen LogP contribution in [0.25, 0.3) is 0 Å². The number of benzene rings is 1. The largest absolute Gasteiger partial charge is 0.504 e. The van der Waals surface area contributed by atoms with Crippen LogP contribution in [0.5, 0.6) is 11.5 Å². The van der Waals surface area contributed by atoms with Gasteiger partial charge in [0.25, 0.3) is 0 Å². The zero-order valence-electron chi connectivity index (χ0n) is 13.0. The van der Waals surface area contributed by atoms with Gasteiger partial charge in [0, 0.05) is 12.2 Å². The van der Waals surface area contributed by atoms with Crippen molar-refractivity contribution in [2.24, 2.45) is 5.41 Å². The molecular weight excluding hydrogens is 268 g/mol. The highest BCUT2D eigenvalue weighted by Gasteiger charge is 2.32. The number of ether oxygens (including phenoxy) is 1. The van der Waals surface area contributed by atoms with E-state index in [1.165, 1.54) is 20.1 Å². The predicted molar refractivity (Wildman–Crippen MR) is 81.1 cm³/mol. The van der Waals surface area contributed by atoms with Crippen LogP contribution in [0.4, 0.5) is 0 Å². The van der Waals surface area contributed by atoms with Gasteiger partial charge in [0.15, 0.2) is 17.3 Å². The molecule has 21 heavy (non-hydrogen) atoms. The normalized spacial score (nSPS) is 25.6. The maximum atomic E-state index is 11.9. The van der Waals surface area contributed by atoms with Crippen LogP contribution in [-0.2, 0) is 0 Å². The summed E-state index contributed by atoms with van der Waals surface area (Å²) in [5.41, 5.74) is 1.52. The first-order valence-corrected chi connectivity index (χ1v) is 7.43. The molecule has 1 aromatic carbocycles. The molecule has 0 bridgehead atoms. The van der Waals surface area contributed by atoms with Crippen LogP contribution in [-0.4, -0.2) is 29.7 Å². The van der Waals surface area contributed by atoms with Gasteiger partial charge in [0.05, 0.1) is 7.11 Å². The molecule has 1 aliphatic rings. The van der Waals surface area contributed by atoms with Crippen LogP contribution in [0, 0.1) is 5.41 Å². The Kier molecular flexibility index (Phi) is 4.57. The number of hydrogen-bond acceptors (Lipinski definition) is 4. The van der Waals surface area contributed by atoms with Crippen LogP contribution >= 0.6 is 0 Å². The van der Waals surface area contributed by atoms with E-state index in [-0.39, 0.29) is 29.5 Å². The lowest BCUT2D eigenvalue weighted by Crippen LogP contribution is -2.27. The molecule has 0 amide bonds. The highest BCUT2D eigenvalue weighted by Crippen LogP contribution is 2.45. The van der Waals surface area contributed by atoms with Crippen LogP contribution in [0.15, 0.2) is 12.1 Å². The van der Waals surface area contributed by atoms with E-state index >= 15 is 0 Å². The van der Waals surface area contributed by atoms with E-state index < -0.39 is 0 Å². The van der Waals surface area contributed by atoms with Crippen molar-refractivity contribution in [2.75, 3.05) is 13.7 Å². The number of hydrogen-bond donors (Lipinski definition) is 2. The van der Waals surface area contributed by atoms with Gasteiger partial charge in [0.1, 0.15) is 0 Å². The van der Waals surface area contributed by atoms with Crippen molar-refractivity contribution in [3.8, 4) is 11.5 Å². The standard InChI is InChI=1S/C17H24O4/c1-11(19)13-8-15(20)16(21-3)9-14(13)12-4-6-17(2,10-18)7-5-12/h8-9,12,18,20H,4-7,10H2,1-3H3/t12-,17+. The third kappa shape index (κ3) is 3.21. The summed E-state index contributed by atoms with van der Waals surface area (Å²) in [6.07, 6.45) is 3.75. The molecule has 0 aromatic heterocycles. The Morgan fingerprint density at radius 3 is 2.48 bits per heavy atom. The second kappa shape index (κ2) is 6.06. The van der Waals surface area contributed by atoms with Crippen LogP contribution in [0.2, 0.25) is 0 Å². The number of carbonyl (C=O) groups is 1. The molecule has 2 rings (SSSR count). The molecule has 0 heterocycles. The van der Waals surface area contributed by atoms with E-state index in [1.807, 2.05) is 0 Å². The Bertz CT molecular complexity index is 528. The molecule has 116 valence electrons. The first kappa shape index (κ1) is 15.8. The summed E-state index contributed by atoms with van der Waals surface area (Å²) in [6, 6.07) is 3.30. The lowest BCUT2D eigenvalue weighted by Gasteiger charge is -2.36. The van der Waals surface area contributed by atoms with Gasteiger partial charge in [0.2, 0.25) is 0 Å². The van der Waals surface area contributed by atoms with Gasteiger partial charge in [-0.25, -0.2) is 0 Å². The zero-order chi connectivity index (χ0) is 15.6. The summed E-state index contributed by atoms with van der Waals surface area (Å²) in [4.78, 5) is 11.9. The van der Waals surface area contributed by atoms with Gasteiger partial charge < -0.3 is 14.9 Å². The average molecular weight is 292 g/mol. The Morgan fingerprint density at radius 1 is 1.38 bits per heavy atom. The molecule has 1 fully saturated rings. The molecule has 2 N–H and O–H groups in total. The first-order chi connectivity index (χ1) is 9.90. The second-order valence-electron chi connectivity index (χ2n) is 6.41. The highest BCUT2D eigenvalue weighted by molar-refractivity contribution is 5.96. The number of carbonyl (C=O) groups excluding carboxylic acids is 1. The Morgan fingerprint density at radius 2 is 2.00 bits per heavy atom. The minimum absolute atomic E-state index is 0.00227. The van der Waals surface area contributed by atoms with E-state index in [2.05, 4.69) is 6.92 Å². The Labute approximate surface area is 125 Å². The first-order valence-electron chi connectivity index (χ1n) is 7.43. The SMILES string of the molecule is COc1cc([C@H]2CC[C@@](C)(CO)CC2)c(C(C)=O)cc1O. The topological polar surface area (TPSA) is 66.8 Å². The van der Waals surface area contributed by atoms with E-state index in [0.29, 0.717) is 11.3 Å². The van der Waals surface area contributed by atoms with Crippen molar-refractivity contribution < 1.29 is 19.7 Å². The van der Waals surface area contributed by atoms with Crippen molar-refractivity contribution in [1.82, 2.24) is 0 Å². The van der Waals surface area contributed by atoms with Crippen molar-refractivity contribution >= 4 is 5.78 Å². The van der Waals surface area contributed by atoms with Crippen molar-refractivity contribution in [2.45, 2.75) is 45.4 Å². The van der Waals surface area contributed by atoms with Crippen LogP contribution in [0.3, 0.4) is 0 Å². The van der Waals surface area contributed by atoms with Crippen molar-refractivity contribution in [1.29, 1.82) is 0 Å². The number of phenols is 1. The predicted octanol–water partition coefficient (Wildman–Crippen LogP) is 3.26. The van der Waals surface area contributed by atoms with E-state index in [4.69, 9.17) is 4.74 Å². The molecule has 1 saturated carbocycles. The average Bonchev–Trinajstić information content (AvgIpc) is 2.48. The molecule has 0 unspecified atom stereocenters. The Balaban J connectivity index is 2.33. The van der Waals surface area contributed by atoms with Crippen LogP contribution in [0.1, 0.15) is 61.4 Å². The zero-order valence-corrected chi connectivity index (χ0v) is 13.0. The fourth-order valence-corrected chi connectivity index (χ4v) is 3.17. The van der Waals surface area contributed by atoms with Crippen LogP contribution < -0.4 is 4.74 Å². The minimum atomic E-state index is -0.0431. The van der Waals surface area contributed by atoms with Gasteiger partial charge >= 0.3 is 0 Å². The van der Waals surface area contributed by atoms with Crippen molar-refractivity contribution in [3.05, 3.63) is 23.3 Å². The number of aliphatic hydroxyl groups excluding tert-OH is 1. The van der Waals surface area contributed by atoms with E-state index in [9.17, 15) is 15.0 Å². The van der Waals surface area contributed by atoms with Gasteiger partial charge in [-0.1, -0.05) is 6.92 Å². The fraction of sp³-hybridized carbons (Fsp3) is 0.588. The molecular formula is C17H24O4. The molecule has 0 atom stereocenters. The molecule has 4 heteroatoms. The number of phenolic OH excluding ortho intramolecular Hbond substituents is 1. The van der Waals surface area contributed by atoms with Crippen molar-refractivity contribution in [3.63, 3.8) is 0 Å². The summed E-state index contributed by atoms with van der Waals surface area (Å²) in [6.45, 7) is 3.83. The summed E-state index contributed by atoms with van der Waals surface area (Å²) in [7, 11) is 1.51. The number of methoxy groups -OCH3 is 1. The third-order valence-electron chi connectivity index (χ3n) is 4.74. The Hall–Kier alpha value is -1.55. The second-order valence-corrected chi connectivity index (χ2v) is 6.41. The molecule has 1 aliphatic carbocycles. The molecule has 4 nitrogen and oxygen atoms in total. The van der Waals surface area contributed by atoms with Gasteiger partial charge in [-0.15, -0.1) is 0 Å². The fourth-order valence-electron chi connectivity index (χ4n) is 3.17. The minimum Gasteiger partial charge on any atom is -0.504 e. The number of rotatable bonds is 4. The molecule has 0 spiro atoms. The smallest absolute Gasteiger partial charge is 0.160 e. The van der Waals surface area contributed by atoms with Gasteiger partial charge in [-0.3, -0.25) is 4.79 Å². The molecule has 0 aliphatic heterocycles.